The molecule has 0 radical (unpaired) electrons. The molecule has 27 heavy (non-hydrogen) atoms. The summed E-state index contributed by atoms with van der Waals surface area (Å²) in [6, 6.07) is 16.6. The number of fused-ring (bicyclic) bond motifs is 1. The fourth-order valence-corrected chi connectivity index (χ4v) is 2.71. The van der Waals surface area contributed by atoms with E-state index >= 15 is 0 Å². The van der Waals surface area contributed by atoms with Crippen LogP contribution in [-0.2, 0) is 0 Å². The van der Waals surface area contributed by atoms with E-state index in [-0.39, 0.29) is 5.91 Å². The van der Waals surface area contributed by atoms with E-state index in [1.165, 1.54) is 0 Å². The summed E-state index contributed by atoms with van der Waals surface area (Å²) in [5.41, 5.74) is 4.60. The van der Waals surface area contributed by atoms with Gasteiger partial charge in [-0.25, -0.2) is 4.98 Å². The maximum atomic E-state index is 12.4. The van der Waals surface area contributed by atoms with Crippen molar-refractivity contribution in [1.29, 1.82) is 0 Å². The number of amides is 1. The van der Waals surface area contributed by atoms with Gasteiger partial charge in [0.05, 0.1) is 6.20 Å². The molecule has 6 heteroatoms. The van der Waals surface area contributed by atoms with E-state index in [2.05, 4.69) is 15.3 Å². The molecule has 0 saturated heterocycles. The van der Waals surface area contributed by atoms with Crippen LogP contribution in [0.4, 0.5) is 11.4 Å². The molecule has 1 amide bonds. The quantitative estimate of drug-likeness (QED) is 0.592. The predicted octanol–water partition coefficient (Wildman–Crippen LogP) is 4.21. The lowest BCUT2D eigenvalue weighted by atomic mass is 10.1. The second kappa shape index (κ2) is 6.92. The lowest BCUT2D eigenvalue weighted by Crippen LogP contribution is -2.13. The number of anilines is 2. The summed E-state index contributed by atoms with van der Waals surface area (Å²) in [7, 11) is 3.92. The number of hydrogen-bond acceptors (Lipinski definition) is 5. The number of pyridine rings is 1. The Morgan fingerprint density at radius 2 is 1.74 bits per heavy atom. The van der Waals surface area contributed by atoms with Crippen molar-refractivity contribution in [3.63, 3.8) is 0 Å². The maximum Gasteiger partial charge on any atom is 0.255 e. The molecule has 4 rings (SSSR count). The third kappa shape index (κ3) is 3.50. The standard InChI is InChI=1S/C21H18N4O2/c1-25(2)17-9-5-14(6-10-17)20(26)23-16-7-3-15(4-8-16)21-24-18-11-12-22-13-19(18)27-21/h3-13H,1-2H3,(H,23,26). The van der Waals surface area contributed by atoms with Crippen LogP contribution < -0.4 is 10.2 Å². The first-order valence-corrected chi connectivity index (χ1v) is 8.50. The molecular weight excluding hydrogens is 340 g/mol. The van der Waals surface area contributed by atoms with Gasteiger partial charge in [-0.1, -0.05) is 0 Å². The Balaban J connectivity index is 1.49. The van der Waals surface area contributed by atoms with Gasteiger partial charge in [-0.2, -0.15) is 0 Å². The summed E-state index contributed by atoms with van der Waals surface area (Å²) in [4.78, 5) is 22.9. The van der Waals surface area contributed by atoms with Gasteiger partial charge in [-0.3, -0.25) is 9.78 Å². The van der Waals surface area contributed by atoms with Gasteiger partial charge >= 0.3 is 0 Å². The number of nitrogens with zero attached hydrogens (tertiary/aromatic N) is 3. The average Bonchev–Trinajstić information content (AvgIpc) is 3.13. The molecule has 1 N–H and O–H groups in total. The second-order valence-electron chi connectivity index (χ2n) is 6.34. The van der Waals surface area contributed by atoms with Gasteiger partial charge in [0.25, 0.3) is 5.91 Å². The van der Waals surface area contributed by atoms with E-state index in [1.54, 1.807) is 18.5 Å². The second-order valence-corrected chi connectivity index (χ2v) is 6.34. The third-order valence-corrected chi connectivity index (χ3v) is 4.23. The molecular formula is C21H18N4O2. The SMILES string of the molecule is CN(C)c1ccc(C(=O)Nc2ccc(-c3nc4ccncc4o3)cc2)cc1. The molecule has 4 aromatic rings. The number of oxazole rings is 1. The van der Waals surface area contributed by atoms with Crippen molar-refractivity contribution in [2.24, 2.45) is 0 Å². The number of aromatic nitrogens is 2. The highest BCUT2D eigenvalue weighted by Gasteiger charge is 2.10. The van der Waals surface area contributed by atoms with Gasteiger partial charge in [0.1, 0.15) is 5.52 Å². The minimum Gasteiger partial charge on any atom is -0.434 e. The normalized spacial score (nSPS) is 10.7. The Labute approximate surface area is 156 Å². The van der Waals surface area contributed by atoms with Crippen LogP contribution in [0.25, 0.3) is 22.6 Å². The smallest absolute Gasteiger partial charge is 0.255 e. The summed E-state index contributed by atoms with van der Waals surface area (Å²) in [6.45, 7) is 0. The first-order valence-electron chi connectivity index (χ1n) is 8.50. The molecule has 0 bridgehead atoms. The summed E-state index contributed by atoms with van der Waals surface area (Å²) in [6.07, 6.45) is 3.32. The third-order valence-electron chi connectivity index (χ3n) is 4.23. The van der Waals surface area contributed by atoms with E-state index in [0.29, 0.717) is 22.7 Å². The Morgan fingerprint density at radius 3 is 2.41 bits per heavy atom. The number of benzene rings is 2. The van der Waals surface area contributed by atoms with E-state index in [1.807, 2.05) is 67.5 Å². The van der Waals surface area contributed by atoms with Crippen LogP contribution in [0.2, 0.25) is 0 Å². The number of carbonyl (C=O) groups is 1. The van der Waals surface area contributed by atoms with Crippen LogP contribution in [0.3, 0.4) is 0 Å². The largest absolute Gasteiger partial charge is 0.434 e. The molecule has 0 saturated carbocycles. The zero-order valence-corrected chi connectivity index (χ0v) is 15.0. The van der Waals surface area contributed by atoms with Crippen LogP contribution in [0, 0.1) is 0 Å². The fourth-order valence-electron chi connectivity index (χ4n) is 2.71. The number of nitrogens with one attached hydrogen (secondary N) is 1. The van der Waals surface area contributed by atoms with Gasteiger partial charge in [0.2, 0.25) is 5.89 Å². The molecule has 0 spiro atoms. The van der Waals surface area contributed by atoms with Crippen LogP contribution >= 0.6 is 0 Å². The first kappa shape index (κ1) is 16.8. The van der Waals surface area contributed by atoms with E-state index in [9.17, 15) is 4.79 Å². The Kier molecular flexibility index (Phi) is 4.30. The molecule has 0 atom stereocenters. The van der Waals surface area contributed by atoms with Crippen molar-refractivity contribution in [2.75, 3.05) is 24.3 Å². The fraction of sp³-hybridized carbons (Fsp3) is 0.0952. The van der Waals surface area contributed by atoms with Crippen molar-refractivity contribution in [2.45, 2.75) is 0 Å². The summed E-state index contributed by atoms with van der Waals surface area (Å²) < 4.78 is 5.71. The zero-order chi connectivity index (χ0) is 18.8. The predicted molar refractivity (Wildman–Crippen MR) is 106 cm³/mol. The molecule has 2 aromatic heterocycles. The van der Waals surface area contributed by atoms with Crippen molar-refractivity contribution < 1.29 is 9.21 Å². The minimum absolute atomic E-state index is 0.152. The summed E-state index contributed by atoms with van der Waals surface area (Å²) >= 11 is 0. The van der Waals surface area contributed by atoms with Crippen molar-refractivity contribution in [3.05, 3.63) is 72.6 Å². The topological polar surface area (TPSA) is 71.3 Å². The molecule has 0 unspecified atom stereocenters. The Morgan fingerprint density at radius 1 is 1.00 bits per heavy atom. The van der Waals surface area contributed by atoms with Crippen LogP contribution in [0.1, 0.15) is 10.4 Å². The molecule has 0 aliphatic heterocycles. The highest BCUT2D eigenvalue weighted by atomic mass is 16.3. The molecule has 0 aliphatic carbocycles. The maximum absolute atomic E-state index is 12.4. The minimum atomic E-state index is -0.152. The van der Waals surface area contributed by atoms with E-state index in [0.717, 1.165) is 16.8 Å². The van der Waals surface area contributed by atoms with Gasteiger partial charge < -0.3 is 14.6 Å². The van der Waals surface area contributed by atoms with E-state index < -0.39 is 0 Å². The summed E-state index contributed by atoms with van der Waals surface area (Å²) in [5, 5.41) is 2.90. The average molecular weight is 358 g/mol. The van der Waals surface area contributed by atoms with Crippen molar-refractivity contribution in [1.82, 2.24) is 9.97 Å². The molecule has 2 aromatic carbocycles. The number of carbonyl (C=O) groups excluding carboxylic acids is 1. The monoisotopic (exact) mass is 358 g/mol. The number of rotatable bonds is 4. The molecule has 0 fully saturated rings. The first-order chi connectivity index (χ1) is 13.1. The van der Waals surface area contributed by atoms with Gasteiger partial charge in [-0.15, -0.1) is 0 Å². The Hall–Kier alpha value is -3.67. The van der Waals surface area contributed by atoms with Crippen LogP contribution in [0.5, 0.6) is 0 Å². The molecule has 134 valence electrons. The molecule has 6 nitrogen and oxygen atoms in total. The highest BCUT2D eigenvalue weighted by Crippen LogP contribution is 2.25. The molecule has 2 heterocycles. The van der Waals surface area contributed by atoms with Gasteiger partial charge in [-0.05, 0) is 54.6 Å². The Bertz CT molecular complexity index is 1050. The van der Waals surface area contributed by atoms with E-state index in [4.69, 9.17) is 4.42 Å². The van der Waals surface area contributed by atoms with Crippen molar-refractivity contribution in [3.8, 4) is 11.5 Å². The van der Waals surface area contributed by atoms with Gasteiger partial charge in [0, 0.05) is 42.8 Å². The van der Waals surface area contributed by atoms with Crippen LogP contribution in [-0.4, -0.2) is 30.0 Å². The van der Waals surface area contributed by atoms with Crippen molar-refractivity contribution >= 4 is 28.4 Å². The summed E-state index contributed by atoms with van der Waals surface area (Å²) in [5.74, 6) is 0.371. The lowest BCUT2D eigenvalue weighted by Gasteiger charge is -2.12. The highest BCUT2D eigenvalue weighted by molar-refractivity contribution is 6.04. The number of hydrogen-bond donors (Lipinski definition) is 1. The zero-order valence-electron chi connectivity index (χ0n) is 15.0. The van der Waals surface area contributed by atoms with Gasteiger partial charge in [0.15, 0.2) is 5.58 Å². The lowest BCUT2D eigenvalue weighted by molar-refractivity contribution is 0.102. The molecule has 0 aliphatic rings. The van der Waals surface area contributed by atoms with Crippen LogP contribution in [0.15, 0.2) is 71.4 Å².